The molecule has 0 aliphatic carbocycles. The van der Waals surface area contributed by atoms with E-state index in [0.717, 1.165) is 12.8 Å². The molecule has 0 unspecified atom stereocenters. The van der Waals surface area contributed by atoms with Crippen LogP contribution in [0.5, 0.6) is 0 Å². The number of imide groups is 1. The number of amides is 2. The predicted octanol–water partition coefficient (Wildman–Crippen LogP) is 0.180. The third-order valence-electron chi connectivity index (χ3n) is 3.03. The highest BCUT2D eigenvalue weighted by atomic mass is 32.1. The highest BCUT2D eigenvalue weighted by molar-refractivity contribution is 7.80. The normalized spacial score (nSPS) is 20.1. The van der Waals surface area contributed by atoms with Gasteiger partial charge in [-0.1, -0.05) is 12.2 Å². The van der Waals surface area contributed by atoms with Gasteiger partial charge in [-0.05, 0) is 39.7 Å². The Morgan fingerprint density at radius 3 is 2.71 bits per heavy atom. The van der Waals surface area contributed by atoms with Crippen LogP contribution in [0.3, 0.4) is 0 Å². The van der Waals surface area contributed by atoms with Gasteiger partial charge in [0.25, 0.3) is 0 Å². The maximum absolute atomic E-state index is 11.7. The summed E-state index contributed by atoms with van der Waals surface area (Å²) in [7, 11) is 0. The molecule has 0 bridgehead atoms. The van der Waals surface area contributed by atoms with Gasteiger partial charge in [0.1, 0.15) is 0 Å². The fourth-order valence-corrected chi connectivity index (χ4v) is 1.94. The monoisotopic (exact) mass is 257 g/mol. The molecule has 0 saturated carbocycles. The van der Waals surface area contributed by atoms with Crippen molar-refractivity contribution < 1.29 is 9.59 Å². The van der Waals surface area contributed by atoms with Gasteiger partial charge >= 0.3 is 0 Å². The van der Waals surface area contributed by atoms with Crippen LogP contribution in [0.25, 0.3) is 0 Å². The Balaban J connectivity index is 2.47. The molecule has 1 aliphatic rings. The van der Waals surface area contributed by atoms with Crippen molar-refractivity contribution in [2.24, 2.45) is 5.73 Å². The lowest BCUT2D eigenvalue weighted by Gasteiger charge is -2.40. The minimum atomic E-state index is -0.628. The van der Waals surface area contributed by atoms with E-state index < -0.39 is 5.54 Å². The molecule has 1 heterocycles. The summed E-state index contributed by atoms with van der Waals surface area (Å²) in [5, 5.41) is 2.35. The molecule has 1 saturated heterocycles. The van der Waals surface area contributed by atoms with Gasteiger partial charge in [-0.2, -0.15) is 0 Å². The van der Waals surface area contributed by atoms with Crippen molar-refractivity contribution in [3.05, 3.63) is 0 Å². The van der Waals surface area contributed by atoms with E-state index in [1.165, 1.54) is 0 Å². The average Bonchev–Trinajstić information content (AvgIpc) is 2.20. The summed E-state index contributed by atoms with van der Waals surface area (Å²) in [6, 6.07) is 0. The van der Waals surface area contributed by atoms with Gasteiger partial charge in [0.2, 0.25) is 11.8 Å². The lowest BCUT2D eigenvalue weighted by atomic mass is 9.98. The number of hydrogen-bond donors (Lipinski definition) is 2. The predicted molar refractivity (Wildman–Crippen MR) is 69.4 cm³/mol. The number of carbonyl (C=O) groups is 2. The molecular formula is C11H19N3O2S. The summed E-state index contributed by atoms with van der Waals surface area (Å²) in [5.74, 6) is -0.466. The molecule has 2 amide bonds. The Hall–Kier alpha value is -1.01. The van der Waals surface area contributed by atoms with Gasteiger partial charge in [0, 0.05) is 0 Å². The van der Waals surface area contributed by atoms with Crippen LogP contribution in [0.4, 0.5) is 0 Å². The zero-order chi connectivity index (χ0) is 13.1. The van der Waals surface area contributed by atoms with Crippen molar-refractivity contribution in [3.8, 4) is 0 Å². The minimum absolute atomic E-state index is 0.233. The summed E-state index contributed by atoms with van der Waals surface area (Å²) in [6.07, 6.45) is 2.47. The number of hydrogen-bond acceptors (Lipinski definition) is 4. The Bertz CT molecular complexity index is 342. The number of nitrogens with one attached hydrogen (secondary N) is 1. The number of nitrogens with two attached hydrogens (primary N) is 1. The SMILES string of the molecule is CC1(C)C(=O)NC(=O)CN1CCCCC(N)=S. The summed E-state index contributed by atoms with van der Waals surface area (Å²) in [4.78, 5) is 25.4. The maximum atomic E-state index is 11.7. The highest BCUT2D eigenvalue weighted by Gasteiger charge is 2.40. The number of unbranched alkanes of at least 4 members (excludes halogenated alkanes) is 1. The van der Waals surface area contributed by atoms with E-state index in [2.05, 4.69) is 5.32 Å². The number of piperazine rings is 1. The van der Waals surface area contributed by atoms with Crippen LogP contribution < -0.4 is 11.1 Å². The first-order valence-corrected chi connectivity index (χ1v) is 6.12. The second kappa shape index (κ2) is 5.55. The zero-order valence-electron chi connectivity index (χ0n) is 10.3. The van der Waals surface area contributed by atoms with E-state index in [1.54, 1.807) is 0 Å². The van der Waals surface area contributed by atoms with Crippen LogP contribution in [0.15, 0.2) is 0 Å². The molecule has 6 heteroatoms. The molecule has 0 aromatic carbocycles. The molecule has 0 aromatic rings. The van der Waals surface area contributed by atoms with Gasteiger partial charge < -0.3 is 5.73 Å². The first-order valence-electron chi connectivity index (χ1n) is 5.71. The third-order valence-corrected chi connectivity index (χ3v) is 3.24. The molecule has 1 aliphatic heterocycles. The summed E-state index contributed by atoms with van der Waals surface area (Å²) < 4.78 is 0. The Morgan fingerprint density at radius 2 is 2.12 bits per heavy atom. The van der Waals surface area contributed by atoms with E-state index >= 15 is 0 Å². The van der Waals surface area contributed by atoms with Gasteiger partial charge in [-0.3, -0.25) is 19.8 Å². The fraction of sp³-hybridized carbons (Fsp3) is 0.727. The molecule has 1 fully saturated rings. The van der Waals surface area contributed by atoms with Crippen LogP contribution in [-0.2, 0) is 9.59 Å². The molecule has 3 N–H and O–H groups in total. The van der Waals surface area contributed by atoms with Crippen molar-refractivity contribution in [1.29, 1.82) is 0 Å². The third kappa shape index (κ3) is 3.74. The van der Waals surface area contributed by atoms with Crippen LogP contribution in [-0.4, -0.2) is 40.3 Å². The molecule has 96 valence electrons. The second-order valence-electron chi connectivity index (χ2n) is 4.78. The van der Waals surface area contributed by atoms with E-state index in [0.29, 0.717) is 18.0 Å². The van der Waals surface area contributed by atoms with Crippen molar-refractivity contribution in [2.75, 3.05) is 13.1 Å². The molecule has 0 spiro atoms. The molecule has 17 heavy (non-hydrogen) atoms. The number of rotatable bonds is 5. The standard InChI is InChI=1S/C11H19N3O2S/c1-11(2)10(16)13-9(15)7-14(11)6-4-3-5-8(12)17/h3-7H2,1-2H3,(H2,12,17)(H,13,15,16). The van der Waals surface area contributed by atoms with Crippen molar-refractivity contribution in [3.63, 3.8) is 0 Å². The number of nitrogens with zero attached hydrogens (tertiary/aromatic N) is 1. The van der Waals surface area contributed by atoms with Crippen LogP contribution >= 0.6 is 12.2 Å². The van der Waals surface area contributed by atoms with E-state index in [9.17, 15) is 9.59 Å². The Kier molecular flexibility index (Phi) is 4.59. The Labute approximate surface area is 107 Å². The van der Waals surface area contributed by atoms with Crippen LogP contribution in [0.2, 0.25) is 0 Å². The quantitative estimate of drug-likeness (QED) is 0.417. The Morgan fingerprint density at radius 1 is 1.47 bits per heavy atom. The maximum Gasteiger partial charge on any atom is 0.246 e. The number of carbonyl (C=O) groups excluding carboxylic acids is 2. The topological polar surface area (TPSA) is 75.4 Å². The summed E-state index contributed by atoms with van der Waals surface area (Å²) >= 11 is 4.79. The molecule has 1 rings (SSSR count). The first-order chi connectivity index (χ1) is 7.84. The van der Waals surface area contributed by atoms with E-state index in [4.69, 9.17) is 18.0 Å². The second-order valence-corrected chi connectivity index (χ2v) is 5.31. The largest absolute Gasteiger partial charge is 0.393 e. The summed E-state index contributed by atoms with van der Waals surface area (Å²) in [6.45, 7) is 4.62. The highest BCUT2D eigenvalue weighted by Crippen LogP contribution is 2.18. The minimum Gasteiger partial charge on any atom is -0.393 e. The fourth-order valence-electron chi connectivity index (χ4n) is 1.79. The van der Waals surface area contributed by atoms with Gasteiger partial charge in [-0.15, -0.1) is 0 Å². The van der Waals surface area contributed by atoms with E-state index in [1.807, 2.05) is 18.7 Å². The molecule has 0 radical (unpaired) electrons. The average molecular weight is 257 g/mol. The lowest BCUT2D eigenvalue weighted by Crippen LogP contribution is -2.64. The van der Waals surface area contributed by atoms with E-state index in [-0.39, 0.29) is 18.4 Å². The van der Waals surface area contributed by atoms with Crippen molar-refractivity contribution in [2.45, 2.75) is 38.6 Å². The summed E-state index contributed by atoms with van der Waals surface area (Å²) in [5.41, 5.74) is 4.78. The lowest BCUT2D eigenvalue weighted by molar-refractivity contribution is -0.145. The number of thiocarbonyl (C=S) groups is 1. The van der Waals surface area contributed by atoms with Crippen molar-refractivity contribution >= 4 is 29.0 Å². The molecule has 0 aromatic heterocycles. The first kappa shape index (κ1) is 14.1. The zero-order valence-corrected chi connectivity index (χ0v) is 11.1. The molecule has 5 nitrogen and oxygen atoms in total. The molecule has 0 atom stereocenters. The van der Waals surface area contributed by atoms with Gasteiger partial charge in [0.15, 0.2) is 0 Å². The van der Waals surface area contributed by atoms with Gasteiger partial charge in [0.05, 0.1) is 17.1 Å². The van der Waals surface area contributed by atoms with Gasteiger partial charge in [-0.25, -0.2) is 0 Å². The van der Waals surface area contributed by atoms with Crippen LogP contribution in [0.1, 0.15) is 33.1 Å². The molecular weight excluding hydrogens is 238 g/mol. The van der Waals surface area contributed by atoms with Crippen molar-refractivity contribution in [1.82, 2.24) is 10.2 Å². The smallest absolute Gasteiger partial charge is 0.246 e. The van der Waals surface area contributed by atoms with Crippen LogP contribution in [0, 0.1) is 0 Å².